The van der Waals surface area contributed by atoms with Gasteiger partial charge in [-0.2, -0.15) is 5.10 Å². The molecule has 0 spiro atoms. The lowest BCUT2D eigenvalue weighted by Gasteiger charge is -2.06. The number of amides is 1. The van der Waals surface area contributed by atoms with Crippen LogP contribution in [0, 0.1) is 0 Å². The van der Waals surface area contributed by atoms with Crippen molar-refractivity contribution in [2.75, 3.05) is 5.75 Å². The van der Waals surface area contributed by atoms with Gasteiger partial charge in [0.1, 0.15) is 5.75 Å². The summed E-state index contributed by atoms with van der Waals surface area (Å²) >= 11 is 4.79. The summed E-state index contributed by atoms with van der Waals surface area (Å²) in [5.74, 6) is 0.650. The number of phenols is 1. The number of aromatic hydroxyl groups is 1. The predicted octanol–water partition coefficient (Wildman–Crippen LogP) is 4.35. The Hall–Kier alpha value is -3.17. The lowest BCUT2D eigenvalue weighted by Crippen LogP contribution is -2.20. The van der Waals surface area contributed by atoms with Crippen molar-refractivity contribution in [2.24, 2.45) is 12.1 Å². The minimum Gasteiger partial charge on any atom is -0.507 e. The van der Waals surface area contributed by atoms with Gasteiger partial charge < -0.3 is 9.67 Å². The molecule has 0 saturated heterocycles. The van der Waals surface area contributed by atoms with Gasteiger partial charge in [0, 0.05) is 22.6 Å². The first-order valence-electron chi connectivity index (χ1n) is 9.34. The number of hydrazone groups is 1. The first-order valence-corrected chi connectivity index (χ1v) is 11.1. The third-order valence-corrected chi connectivity index (χ3v) is 6.32. The molecule has 9 heteroatoms. The van der Waals surface area contributed by atoms with Crippen molar-refractivity contribution in [3.63, 3.8) is 0 Å². The number of nitrogens with one attached hydrogen (secondary N) is 1. The topological polar surface area (TPSA) is 92.4 Å². The summed E-state index contributed by atoms with van der Waals surface area (Å²) in [7, 11) is 1.86. The molecule has 0 radical (unpaired) electrons. The Morgan fingerprint density at radius 1 is 1.16 bits per heavy atom. The van der Waals surface area contributed by atoms with Crippen molar-refractivity contribution in [3.8, 4) is 17.1 Å². The number of hydrogen-bond donors (Lipinski definition) is 2. The van der Waals surface area contributed by atoms with Crippen molar-refractivity contribution in [1.82, 2.24) is 20.2 Å². The minimum atomic E-state index is -0.286. The van der Waals surface area contributed by atoms with E-state index in [4.69, 9.17) is 0 Å². The van der Waals surface area contributed by atoms with Crippen LogP contribution in [-0.4, -0.2) is 37.7 Å². The number of aromatic nitrogens is 3. The van der Waals surface area contributed by atoms with Gasteiger partial charge in [-0.3, -0.25) is 4.79 Å². The summed E-state index contributed by atoms with van der Waals surface area (Å²) in [5, 5.41) is 25.0. The van der Waals surface area contributed by atoms with Crippen LogP contribution in [0.25, 0.3) is 22.2 Å². The van der Waals surface area contributed by atoms with Crippen molar-refractivity contribution in [3.05, 3.63) is 70.7 Å². The van der Waals surface area contributed by atoms with E-state index in [1.54, 1.807) is 6.07 Å². The molecule has 31 heavy (non-hydrogen) atoms. The molecule has 3 aromatic carbocycles. The van der Waals surface area contributed by atoms with Crippen LogP contribution in [0.2, 0.25) is 0 Å². The highest BCUT2D eigenvalue weighted by molar-refractivity contribution is 9.10. The zero-order chi connectivity index (χ0) is 21.8. The Kier molecular flexibility index (Phi) is 6.34. The molecule has 156 valence electrons. The monoisotopic (exact) mass is 495 g/mol. The maximum atomic E-state index is 12.2. The number of phenolic OH excluding ortho intramolecular Hbond substituents is 1. The largest absolute Gasteiger partial charge is 0.507 e. The van der Waals surface area contributed by atoms with Gasteiger partial charge in [0.2, 0.25) is 0 Å². The number of fused-ring (bicyclic) bond motifs is 1. The van der Waals surface area contributed by atoms with E-state index >= 15 is 0 Å². The Labute approximate surface area is 191 Å². The summed E-state index contributed by atoms with van der Waals surface area (Å²) in [5.41, 5.74) is 3.97. The molecule has 4 rings (SSSR count). The summed E-state index contributed by atoms with van der Waals surface area (Å²) < 4.78 is 2.76. The van der Waals surface area contributed by atoms with Gasteiger partial charge in [0.25, 0.3) is 5.91 Å². The highest BCUT2D eigenvalue weighted by Gasteiger charge is 2.14. The van der Waals surface area contributed by atoms with Gasteiger partial charge in [0.05, 0.1) is 12.0 Å². The average Bonchev–Trinajstić information content (AvgIpc) is 3.14. The Balaban J connectivity index is 1.40. The summed E-state index contributed by atoms with van der Waals surface area (Å²) in [6, 6.07) is 18.9. The summed E-state index contributed by atoms with van der Waals surface area (Å²) in [6.45, 7) is 0. The van der Waals surface area contributed by atoms with E-state index in [1.807, 2.05) is 66.2 Å². The van der Waals surface area contributed by atoms with Crippen LogP contribution < -0.4 is 5.43 Å². The smallest absolute Gasteiger partial charge is 0.250 e. The van der Waals surface area contributed by atoms with Gasteiger partial charge in [-0.05, 0) is 22.9 Å². The molecule has 0 fully saturated rings. The third-order valence-electron chi connectivity index (χ3n) is 4.61. The molecule has 0 saturated carbocycles. The van der Waals surface area contributed by atoms with Crippen LogP contribution in [0.4, 0.5) is 0 Å². The van der Waals surface area contributed by atoms with Crippen molar-refractivity contribution < 1.29 is 9.90 Å². The molecule has 0 unspecified atom stereocenters. The lowest BCUT2D eigenvalue weighted by atomic mass is 10.0. The van der Waals surface area contributed by atoms with E-state index in [1.165, 1.54) is 18.0 Å². The van der Waals surface area contributed by atoms with Gasteiger partial charge in [-0.1, -0.05) is 76.2 Å². The van der Waals surface area contributed by atoms with E-state index in [2.05, 4.69) is 36.7 Å². The first kappa shape index (κ1) is 21.1. The molecule has 2 N–H and O–H groups in total. The van der Waals surface area contributed by atoms with Crippen LogP contribution in [-0.2, 0) is 11.8 Å². The van der Waals surface area contributed by atoms with Gasteiger partial charge in [-0.15, -0.1) is 10.2 Å². The minimum absolute atomic E-state index is 0.102. The average molecular weight is 496 g/mol. The second-order valence-corrected chi connectivity index (χ2v) is 8.44. The SMILES string of the molecule is Cn1c(SCC(=O)N/N=C/c2c(O)ccc3ccccc23)nnc1-c1ccccc1Br. The molecule has 7 nitrogen and oxygen atoms in total. The molecule has 0 aliphatic rings. The third kappa shape index (κ3) is 4.62. The predicted molar refractivity (Wildman–Crippen MR) is 126 cm³/mol. The molecule has 0 bridgehead atoms. The van der Waals surface area contributed by atoms with Crippen LogP contribution in [0.5, 0.6) is 5.75 Å². The van der Waals surface area contributed by atoms with Crippen molar-refractivity contribution >= 4 is 50.6 Å². The van der Waals surface area contributed by atoms with Gasteiger partial charge in [0.15, 0.2) is 11.0 Å². The van der Waals surface area contributed by atoms with E-state index < -0.39 is 0 Å². The molecular formula is C22H18BrN5O2S. The fraction of sp³-hybridized carbons (Fsp3) is 0.0909. The second kappa shape index (κ2) is 9.32. The van der Waals surface area contributed by atoms with Gasteiger partial charge in [-0.25, -0.2) is 5.43 Å². The Morgan fingerprint density at radius 3 is 2.77 bits per heavy atom. The molecule has 4 aromatic rings. The number of benzene rings is 3. The molecule has 1 amide bonds. The zero-order valence-corrected chi connectivity index (χ0v) is 18.9. The van der Waals surface area contributed by atoms with Crippen LogP contribution in [0.1, 0.15) is 5.56 Å². The van der Waals surface area contributed by atoms with E-state index in [-0.39, 0.29) is 17.4 Å². The maximum Gasteiger partial charge on any atom is 0.250 e. The van der Waals surface area contributed by atoms with Crippen LogP contribution in [0.15, 0.2) is 75.4 Å². The number of hydrogen-bond acceptors (Lipinski definition) is 6. The highest BCUT2D eigenvalue weighted by Crippen LogP contribution is 2.28. The van der Waals surface area contributed by atoms with Crippen LogP contribution in [0.3, 0.4) is 0 Å². The Morgan fingerprint density at radius 2 is 1.94 bits per heavy atom. The second-order valence-electron chi connectivity index (χ2n) is 6.65. The van der Waals surface area contributed by atoms with E-state index in [0.29, 0.717) is 16.5 Å². The zero-order valence-electron chi connectivity index (χ0n) is 16.5. The number of nitrogens with zero attached hydrogens (tertiary/aromatic N) is 4. The van der Waals surface area contributed by atoms with E-state index in [9.17, 15) is 9.90 Å². The van der Waals surface area contributed by atoms with Crippen molar-refractivity contribution in [1.29, 1.82) is 0 Å². The standard InChI is InChI=1S/C22H18BrN5O2S/c1-28-21(16-8-4-5-9-18(16)23)26-27-22(28)31-13-20(30)25-24-12-17-15-7-3-2-6-14(15)10-11-19(17)29/h2-12,29H,13H2,1H3,(H,25,30)/b24-12+. The number of carbonyl (C=O) groups is 1. The number of carbonyl (C=O) groups excluding carboxylic acids is 1. The fourth-order valence-electron chi connectivity index (χ4n) is 3.07. The number of rotatable bonds is 6. The number of thioether (sulfide) groups is 1. The Bertz CT molecular complexity index is 1290. The molecule has 0 atom stereocenters. The normalized spacial score (nSPS) is 11.3. The van der Waals surface area contributed by atoms with Crippen LogP contribution >= 0.6 is 27.7 Å². The molecule has 1 aromatic heterocycles. The lowest BCUT2D eigenvalue weighted by molar-refractivity contribution is -0.118. The molecule has 0 aliphatic heterocycles. The van der Waals surface area contributed by atoms with E-state index in [0.717, 1.165) is 20.8 Å². The molecule has 0 aliphatic carbocycles. The summed E-state index contributed by atoms with van der Waals surface area (Å²) in [6.07, 6.45) is 1.45. The first-order chi connectivity index (χ1) is 15.0. The number of halogens is 1. The molecular weight excluding hydrogens is 478 g/mol. The highest BCUT2D eigenvalue weighted by atomic mass is 79.9. The maximum absolute atomic E-state index is 12.2. The quantitative estimate of drug-likeness (QED) is 0.235. The molecule has 1 heterocycles. The fourth-order valence-corrected chi connectivity index (χ4v) is 4.23. The summed E-state index contributed by atoms with van der Waals surface area (Å²) in [4.78, 5) is 12.2. The van der Waals surface area contributed by atoms with Crippen molar-refractivity contribution in [2.45, 2.75) is 5.16 Å². The van der Waals surface area contributed by atoms with Gasteiger partial charge >= 0.3 is 0 Å².